The third-order valence-electron chi connectivity index (χ3n) is 2.39. The minimum Gasteiger partial charge on any atom is -0.468 e. The first-order valence-electron chi connectivity index (χ1n) is 4.66. The van der Waals surface area contributed by atoms with Crippen LogP contribution in [0.5, 0.6) is 0 Å². The van der Waals surface area contributed by atoms with Crippen molar-refractivity contribution in [2.75, 3.05) is 33.4 Å². The average molecular weight is 187 g/mol. The smallest absolute Gasteiger partial charge is 0.319 e. The van der Waals surface area contributed by atoms with E-state index in [1.807, 2.05) is 6.92 Å². The summed E-state index contributed by atoms with van der Waals surface area (Å²) in [5, 5.41) is 0. The lowest BCUT2D eigenvalue weighted by Gasteiger charge is -2.24. The van der Waals surface area contributed by atoms with E-state index in [2.05, 4.69) is 9.64 Å². The SMILES string of the molecule is CCN(CC(=O)OC)C1CCOC1. The highest BCUT2D eigenvalue weighted by Gasteiger charge is 2.23. The van der Waals surface area contributed by atoms with Crippen LogP contribution in [0.25, 0.3) is 0 Å². The summed E-state index contributed by atoms with van der Waals surface area (Å²) in [5.41, 5.74) is 0. The van der Waals surface area contributed by atoms with E-state index in [1.54, 1.807) is 0 Å². The van der Waals surface area contributed by atoms with E-state index in [4.69, 9.17) is 4.74 Å². The van der Waals surface area contributed by atoms with Crippen molar-refractivity contribution in [2.24, 2.45) is 0 Å². The van der Waals surface area contributed by atoms with Crippen LogP contribution in [0.2, 0.25) is 0 Å². The molecular formula is C9H17NO3. The number of esters is 1. The Morgan fingerprint density at radius 3 is 2.92 bits per heavy atom. The van der Waals surface area contributed by atoms with E-state index in [0.717, 1.165) is 26.2 Å². The molecule has 0 radical (unpaired) electrons. The summed E-state index contributed by atoms with van der Waals surface area (Å²) in [6.45, 7) is 4.83. The minimum absolute atomic E-state index is 0.172. The summed E-state index contributed by atoms with van der Waals surface area (Å²) < 4.78 is 9.88. The van der Waals surface area contributed by atoms with Crippen molar-refractivity contribution in [3.8, 4) is 0 Å². The second-order valence-electron chi connectivity index (χ2n) is 3.16. The Morgan fingerprint density at radius 1 is 1.69 bits per heavy atom. The lowest BCUT2D eigenvalue weighted by atomic mass is 10.2. The van der Waals surface area contributed by atoms with Crippen LogP contribution >= 0.6 is 0 Å². The van der Waals surface area contributed by atoms with Crippen molar-refractivity contribution in [3.63, 3.8) is 0 Å². The Balaban J connectivity index is 2.37. The second-order valence-corrected chi connectivity index (χ2v) is 3.16. The van der Waals surface area contributed by atoms with E-state index in [9.17, 15) is 4.79 Å². The third-order valence-corrected chi connectivity index (χ3v) is 2.39. The zero-order chi connectivity index (χ0) is 9.68. The maximum atomic E-state index is 11.0. The van der Waals surface area contributed by atoms with Gasteiger partial charge in [-0.3, -0.25) is 9.69 Å². The van der Waals surface area contributed by atoms with E-state index < -0.39 is 0 Å². The van der Waals surface area contributed by atoms with Gasteiger partial charge in [-0.25, -0.2) is 0 Å². The number of carbonyl (C=O) groups excluding carboxylic acids is 1. The van der Waals surface area contributed by atoms with Crippen LogP contribution in [-0.4, -0.2) is 50.3 Å². The van der Waals surface area contributed by atoms with Gasteiger partial charge in [-0.1, -0.05) is 6.92 Å². The highest BCUT2D eigenvalue weighted by atomic mass is 16.5. The van der Waals surface area contributed by atoms with E-state index in [-0.39, 0.29) is 5.97 Å². The Bertz CT molecular complexity index is 166. The van der Waals surface area contributed by atoms with Crippen LogP contribution in [0.1, 0.15) is 13.3 Å². The summed E-state index contributed by atoms with van der Waals surface area (Å²) in [4.78, 5) is 13.1. The van der Waals surface area contributed by atoms with Crippen LogP contribution < -0.4 is 0 Å². The maximum absolute atomic E-state index is 11.0. The molecule has 1 atom stereocenters. The first kappa shape index (κ1) is 10.5. The van der Waals surface area contributed by atoms with Gasteiger partial charge in [0.15, 0.2) is 0 Å². The van der Waals surface area contributed by atoms with Crippen molar-refractivity contribution >= 4 is 5.97 Å². The van der Waals surface area contributed by atoms with Gasteiger partial charge >= 0.3 is 5.97 Å². The van der Waals surface area contributed by atoms with Gasteiger partial charge in [-0.15, -0.1) is 0 Å². The molecule has 13 heavy (non-hydrogen) atoms. The lowest BCUT2D eigenvalue weighted by molar-refractivity contribution is -0.142. The molecule has 4 heteroatoms. The molecule has 0 aliphatic carbocycles. The minimum atomic E-state index is -0.172. The summed E-state index contributed by atoms with van der Waals surface area (Å²) in [5.74, 6) is -0.172. The number of carbonyl (C=O) groups is 1. The van der Waals surface area contributed by atoms with Crippen molar-refractivity contribution < 1.29 is 14.3 Å². The molecule has 1 saturated heterocycles. The van der Waals surface area contributed by atoms with E-state index in [1.165, 1.54) is 7.11 Å². The molecule has 1 unspecified atom stereocenters. The van der Waals surface area contributed by atoms with Gasteiger partial charge in [0, 0.05) is 12.6 Å². The number of ether oxygens (including phenoxy) is 2. The molecule has 1 aliphatic heterocycles. The molecule has 0 spiro atoms. The Hall–Kier alpha value is -0.610. The van der Waals surface area contributed by atoms with Gasteiger partial charge in [-0.2, -0.15) is 0 Å². The first-order valence-corrected chi connectivity index (χ1v) is 4.66. The number of nitrogens with zero attached hydrogens (tertiary/aromatic N) is 1. The zero-order valence-electron chi connectivity index (χ0n) is 8.28. The van der Waals surface area contributed by atoms with Gasteiger partial charge in [0.25, 0.3) is 0 Å². The molecular weight excluding hydrogens is 170 g/mol. The third kappa shape index (κ3) is 2.97. The maximum Gasteiger partial charge on any atom is 0.319 e. The molecule has 0 amide bonds. The van der Waals surface area contributed by atoms with Gasteiger partial charge in [0.05, 0.1) is 20.3 Å². The predicted molar refractivity (Wildman–Crippen MR) is 48.5 cm³/mol. The highest BCUT2D eigenvalue weighted by Crippen LogP contribution is 2.11. The van der Waals surface area contributed by atoms with Crippen LogP contribution in [0.4, 0.5) is 0 Å². The molecule has 0 saturated carbocycles. The standard InChI is InChI=1S/C9H17NO3/c1-3-10(6-9(11)12-2)8-4-5-13-7-8/h8H,3-7H2,1-2H3. The van der Waals surface area contributed by atoms with Crippen LogP contribution in [-0.2, 0) is 14.3 Å². The van der Waals surface area contributed by atoms with Gasteiger partial charge in [-0.05, 0) is 13.0 Å². The lowest BCUT2D eigenvalue weighted by Crippen LogP contribution is -2.39. The Labute approximate surface area is 78.8 Å². The Morgan fingerprint density at radius 2 is 2.46 bits per heavy atom. The largest absolute Gasteiger partial charge is 0.468 e. The predicted octanol–water partition coefficient (Wildman–Crippen LogP) is 0.270. The zero-order valence-corrected chi connectivity index (χ0v) is 8.28. The fraction of sp³-hybridized carbons (Fsp3) is 0.889. The summed E-state index contributed by atoms with van der Waals surface area (Å²) in [7, 11) is 1.42. The van der Waals surface area contributed by atoms with Crippen molar-refractivity contribution in [3.05, 3.63) is 0 Å². The van der Waals surface area contributed by atoms with Crippen molar-refractivity contribution in [1.29, 1.82) is 0 Å². The second kappa shape index (κ2) is 5.19. The molecule has 0 N–H and O–H groups in total. The van der Waals surface area contributed by atoms with Gasteiger partial charge in [0.1, 0.15) is 0 Å². The molecule has 0 aromatic carbocycles. The molecule has 0 bridgehead atoms. The fourth-order valence-electron chi connectivity index (χ4n) is 1.54. The molecule has 1 fully saturated rings. The Kier molecular flexibility index (Phi) is 4.18. The first-order chi connectivity index (χ1) is 6.27. The van der Waals surface area contributed by atoms with Crippen LogP contribution in [0.3, 0.4) is 0 Å². The quantitative estimate of drug-likeness (QED) is 0.592. The number of methoxy groups -OCH3 is 1. The van der Waals surface area contributed by atoms with Gasteiger partial charge < -0.3 is 9.47 Å². The molecule has 4 nitrogen and oxygen atoms in total. The van der Waals surface area contributed by atoms with Crippen molar-refractivity contribution in [1.82, 2.24) is 4.90 Å². The molecule has 1 rings (SSSR count). The van der Waals surface area contributed by atoms with Crippen LogP contribution in [0, 0.1) is 0 Å². The van der Waals surface area contributed by atoms with E-state index in [0.29, 0.717) is 12.6 Å². The number of rotatable bonds is 4. The average Bonchev–Trinajstić information content (AvgIpc) is 2.66. The molecule has 0 aromatic rings. The summed E-state index contributed by atoms with van der Waals surface area (Å²) in [6, 6.07) is 0.393. The molecule has 1 heterocycles. The number of hydrogen-bond acceptors (Lipinski definition) is 4. The fourth-order valence-corrected chi connectivity index (χ4v) is 1.54. The van der Waals surface area contributed by atoms with Crippen LogP contribution in [0.15, 0.2) is 0 Å². The number of hydrogen-bond donors (Lipinski definition) is 0. The van der Waals surface area contributed by atoms with Crippen molar-refractivity contribution in [2.45, 2.75) is 19.4 Å². The summed E-state index contributed by atoms with van der Waals surface area (Å²) >= 11 is 0. The number of likely N-dealkylation sites (N-methyl/N-ethyl adjacent to an activating group) is 1. The monoisotopic (exact) mass is 187 g/mol. The van der Waals surface area contributed by atoms with Gasteiger partial charge in [0.2, 0.25) is 0 Å². The molecule has 76 valence electrons. The van der Waals surface area contributed by atoms with E-state index >= 15 is 0 Å². The normalized spacial score (nSPS) is 22.2. The molecule has 0 aromatic heterocycles. The molecule has 1 aliphatic rings. The summed E-state index contributed by atoms with van der Waals surface area (Å²) in [6.07, 6.45) is 1.02. The highest BCUT2D eigenvalue weighted by molar-refractivity contribution is 5.71. The topological polar surface area (TPSA) is 38.8 Å².